The third kappa shape index (κ3) is 4.98. The standard InChI is InChI=1S/C25H29FN6O3.H2/c1-17-16-32(6-5-30(17)2)22-13-20(26)19(12-21(22)29-24(33)23-4-3-9-35-23)18-14-27-25(28-15-18)31-7-10-34-11-8-31;/h3-4,9,12-15,17H,5-8,10-11,16H2,1-2H3,(H,29,33);1H/t17-;/m0./s1. The van der Waals surface area contributed by atoms with E-state index in [1.165, 1.54) is 12.3 Å². The first-order chi connectivity index (χ1) is 17.0. The number of halogens is 1. The average Bonchev–Trinajstić information content (AvgIpc) is 3.43. The summed E-state index contributed by atoms with van der Waals surface area (Å²) in [5.41, 5.74) is 2.00. The highest BCUT2D eigenvalue weighted by molar-refractivity contribution is 6.04. The maximum atomic E-state index is 15.5. The Hall–Kier alpha value is -3.50. The molecule has 1 amide bonds. The summed E-state index contributed by atoms with van der Waals surface area (Å²) >= 11 is 0. The predicted molar refractivity (Wildman–Crippen MR) is 134 cm³/mol. The number of likely N-dealkylation sites (N-methyl/N-ethyl adjacent to an activating group) is 1. The van der Waals surface area contributed by atoms with Crippen LogP contribution in [0.2, 0.25) is 0 Å². The first kappa shape index (κ1) is 23.3. The Morgan fingerprint density at radius 1 is 1.14 bits per heavy atom. The second-order valence-corrected chi connectivity index (χ2v) is 8.93. The number of carbonyl (C=O) groups excluding carboxylic acids is 1. The largest absolute Gasteiger partial charge is 0.459 e. The molecule has 10 heteroatoms. The van der Waals surface area contributed by atoms with Crippen LogP contribution in [0, 0.1) is 5.82 Å². The number of aromatic nitrogens is 2. The van der Waals surface area contributed by atoms with Crippen molar-refractivity contribution in [2.75, 3.05) is 68.1 Å². The van der Waals surface area contributed by atoms with Gasteiger partial charge in [0.05, 0.1) is 30.9 Å². The van der Waals surface area contributed by atoms with Crippen molar-refractivity contribution in [1.29, 1.82) is 0 Å². The van der Waals surface area contributed by atoms with Crippen molar-refractivity contribution in [3.63, 3.8) is 0 Å². The summed E-state index contributed by atoms with van der Waals surface area (Å²) in [6.45, 7) is 7.11. The van der Waals surface area contributed by atoms with Gasteiger partial charge in [0.1, 0.15) is 5.82 Å². The molecule has 1 N–H and O–H groups in total. The summed E-state index contributed by atoms with van der Waals surface area (Å²) in [5.74, 6) is -0.0150. The van der Waals surface area contributed by atoms with E-state index in [4.69, 9.17) is 9.15 Å². The highest BCUT2D eigenvalue weighted by Crippen LogP contribution is 2.35. The molecule has 0 unspecified atom stereocenters. The normalized spacial score (nSPS) is 19.1. The van der Waals surface area contributed by atoms with E-state index in [1.54, 1.807) is 30.6 Å². The third-order valence-corrected chi connectivity index (χ3v) is 6.62. The zero-order valence-electron chi connectivity index (χ0n) is 19.9. The Kier molecular flexibility index (Phi) is 6.65. The van der Waals surface area contributed by atoms with E-state index >= 15 is 4.39 Å². The summed E-state index contributed by atoms with van der Waals surface area (Å²) < 4.78 is 26.1. The maximum Gasteiger partial charge on any atom is 0.291 e. The molecular weight excluding hydrogens is 451 g/mol. The van der Waals surface area contributed by atoms with Crippen LogP contribution in [0.3, 0.4) is 0 Å². The number of anilines is 3. The number of nitrogens with one attached hydrogen (secondary N) is 1. The lowest BCUT2D eigenvalue weighted by atomic mass is 10.0. The summed E-state index contributed by atoms with van der Waals surface area (Å²) in [5, 5.41) is 2.92. The van der Waals surface area contributed by atoms with Gasteiger partial charge in [-0.1, -0.05) is 0 Å². The number of hydrogen-bond donors (Lipinski definition) is 1. The lowest BCUT2D eigenvalue weighted by Crippen LogP contribution is -2.50. The molecule has 186 valence electrons. The molecule has 0 spiro atoms. The Labute approximate surface area is 205 Å². The van der Waals surface area contributed by atoms with Gasteiger partial charge >= 0.3 is 0 Å². The van der Waals surface area contributed by atoms with E-state index < -0.39 is 11.7 Å². The second-order valence-electron chi connectivity index (χ2n) is 8.93. The van der Waals surface area contributed by atoms with Crippen LogP contribution in [0.15, 0.2) is 47.3 Å². The third-order valence-electron chi connectivity index (χ3n) is 6.62. The molecule has 3 aromatic rings. The number of rotatable bonds is 5. The van der Waals surface area contributed by atoms with Crippen LogP contribution >= 0.6 is 0 Å². The van der Waals surface area contributed by atoms with E-state index in [2.05, 4.69) is 39.1 Å². The molecular formula is C25H31FN6O3. The number of ether oxygens (including phenoxy) is 1. The number of carbonyl (C=O) groups is 1. The molecule has 1 atom stereocenters. The Bertz CT molecular complexity index is 1170. The van der Waals surface area contributed by atoms with Crippen molar-refractivity contribution in [2.45, 2.75) is 13.0 Å². The minimum Gasteiger partial charge on any atom is -0.459 e. The number of piperazine rings is 1. The van der Waals surface area contributed by atoms with Crippen molar-refractivity contribution >= 4 is 23.2 Å². The molecule has 2 aliphatic heterocycles. The summed E-state index contributed by atoms with van der Waals surface area (Å²) in [6.07, 6.45) is 4.68. The maximum absolute atomic E-state index is 15.5. The first-order valence-corrected chi connectivity index (χ1v) is 11.8. The highest BCUT2D eigenvalue weighted by atomic mass is 19.1. The lowest BCUT2D eigenvalue weighted by Gasteiger charge is -2.39. The van der Waals surface area contributed by atoms with Crippen molar-refractivity contribution in [3.8, 4) is 11.1 Å². The van der Waals surface area contributed by atoms with Gasteiger partial charge < -0.3 is 29.2 Å². The minimum atomic E-state index is -0.398. The molecule has 5 rings (SSSR count). The minimum absolute atomic E-state index is 0. The molecule has 2 aliphatic rings. The molecule has 0 saturated carbocycles. The van der Waals surface area contributed by atoms with Gasteiger partial charge in [0.15, 0.2) is 5.76 Å². The number of morpholine rings is 1. The number of amides is 1. The summed E-state index contributed by atoms with van der Waals surface area (Å²) in [7, 11) is 2.08. The van der Waals surface area contributed by atoms with Crippen LogP contribution in [-0.4, -0.2) is 79.8 Å². The molecule has 0 radical (unpaired) electrons. The van der Waals surface area contributed by atoms with Crippen molar-refractivity contribution in [2.24, 2.45) is 0 Å². The Morgan fingerprint density at radius 3 is 2.60 bits per heavy atom. The number of furan rings is 1. The topological polar surface area (TPSA) is 87.0 Å². The van der Waals surface area contributed by atoms with Gasteiger partial charge in [-0.15, -0.1) is 0 Å². The Balaban J connectivity index is 0.00000304. The average molecular weight is 483 g/mol. The quantitative estimate of drug-likeness (QED) is 0.593. The predicted octanol–water partition coefficient (Wildman–Crippen LogP) is 3.35. The fourth-order valence-electron chi connectivity index (χ4n) is 4.39. The number of nitrogens with zero attached hydrogens (tertiary/aromatic N) is 5. The van der Waals surface area contributed by atoms with Gasteiger partial charge in [-0.3, -0.25) is 4.79 Å². The fourth-order valence-corrected chi connectivity index (χ4v) is 4.39. The van der Waals surface area contributed by atoms with Crippen LogP contribution in [0.1, 0.15) is 18.9 Å². The van der Waals surface area contributed by atoms with E-state index in [0.29, 0.717) is 47.7 Å². The van der Waals surface area contributed by atoms with Gasteiger partial charge in [0.25, 0.3) is 5.91 Å². The fraction of sp³-hybridized carbons (Fsp3) is 0.400. The zero-order chi connectivity index (χ0) is 24.4. The summed E-state index contributed by atoms with van der Waals surface area (Å²) in [6, 6.07) is 6.68. The monoisotopic (exact) mass is 482 g/mol. The smallest absolute Gasteiger partial charge is 0.291 e. The molecule has 9 nitrogen and oxygen atoms in total. The van der Waals surface area contributed by atoms with Gasteiger partial charge in [-0.25, -0.2) is 14.4 Å². The van der Waals surface area contributed by atoms with Crippen LogP contribution in [0.4, 0.5) is 21.7 Å². The molecule has 4 heterocycles. The number of hydrogen-bond acceptors (Lipinski definition) is 8. The molecule has 0 bridgehead atoms. The van der Waals surface area contributed by atoms with Crippen LogP contribution in [0.25, 0.3) is 11.1 Å². The van der Waals surface area contributed by atoms with Gasteiger partial charge in [-0.05, 0) is 38.2 Å². The molecule has 2 saturated heterocycles. The van der Waals surface area contributed by atoms with Crippen LogP contribution in [0.5, 0.6) is 0 Å². The molecule has 1 aromatic carbocycles. The van der Waals surface area contributed by atoms with Gasteiger partial charge in [0.2, 0.25) is 5.95 Å². The lowest BCUT2D eigenvalue weighted by molar-refractivity contribution is 0.0996. The first-order valence-electron chi connectivity index (χ1n) is 11.8. The summed E-state index contributed by atoms with van der Waals surface area (Å²) in [4.78, 5) is 28.1. The molecule has 35 heavy (non-hydrogen) atoms. The van der Waals surface area contributed by atoms with Gasteiger partial charge in [-0.2, -0.15) is 0 Å². The van der Waals surface area contributed by atoms with Crippen molar-refractivity contribution in [3.05, 3.63) is 54.5 Å². The van der Waals surface area contributed by atoms with E-state index in [1.807, 2.05) is 4.90 Å². The zero-order valence-corrected chi connectivity index (χ0v) is 19.9. The van der Waals surface area contributed by atoms with Gasteiger partial charge in [0, 0.05) is 63.7 Å². The molecule has 0 aliphatic carbocycles. The van der Waals surface area contributed by atoms with Crippen molar-refractivity contribution in [1.82, 2.24) is 14.9 Å². The Morgan fingerprint density at radius 2 is 1.91 bits per heavy atom. The van der Waals surface area contributed by atoms with E-state index in [0.717, 1.165) is 32.7 Å². The SMILES string of the molecule is C[C@H]1CN(c2cc(F)c(-c3cnc(N4CCOCC4)nc3)cc2NC(=O)c2ccco2)CCN1C.[HH]. The highest BCUT2D eigenvalue weighted by Gasteiger charge is 2.25. The van der Waals surface area contributed by atoms with E-state index in [-0.39, 0.29) is 7.19 Å². The second kappa shape index (κ2) is 10.0. The van der Waals surface area contributed by atoms with Crippen molar-refractivity contribution < 1.29 is 19.8 Å². The van der Waals surface area contributed by atoms with Crippen LogP contribution < -0.4 is 15.1 Å². The number of benzene rings is 1. The van der Waals surface area contributed by atoms with E-state index in [9.17, 15) is 4.79 Å². The van der Waals surface area contributed by atoms with Crippen LogP contribution in [-0.2, 0) is 4.74 Å². The molecule has 2 aromatic heterocycles. The molecule has 2 fully saturated rings.